The zero-order valence-corrected chi connectivity index (χ0v) is 6.04. The van der Waals surface area contributed by atoms with Crippen LogP contribution in [-0.2, 0) is 9.59 Å². The summed E-state index contributed by atoms with van der Waals surface area (Å²) in [6.07, 6.45) is 0.312. The molecular weight excluding hydrogens is 148 g/mol. The lowest BCUT2D eigenvalue weighted by atomic mass is 10.1. The van der Waals surface area contributed by atoms with Gasteiger partial charge >= 0.3 is 0 Å². The molecule has 0 aliphatic heterocycles. The second-order valence-corrected chi connectivity index (χ2v) is 2.12. The van der Waals surface area contributed by atoms with Crippen molar-refractivity contribution in [3.63, 3.8) is 0 Å². The van der Waals surface area contributed by atoms with E-state index < -0.39 is 17.9 Å². The molecule has 1 unspecified atom stereocenters. The third-order valence-electron chi connectivity index (χ3n) is 1.18. The fraction of sp³-hybridized carbons (Fsp3) is 0.600. The average Bonchev–Trinajstić information content (AvgIpc) is 1.98. The van der Waals surface area contributed by atoms with Gasteiger partial charge in [-0.2, -0.15) is 0 Å². The van der Waals surface area contributed by atoms with E-state index in [1.807, 2.05) is 5.43 Å². The van der Waals surface area contributed by atoms with E-state index in [1.165, 1.54) is 0 Å². The summed E-state index contributed by atoms with van der Waals surface area (Å²) in [6, 6.07) is -0.757. The summed E-state index contributed by atoms with van der Waals surface area (Å²) in [6.45, 7) is 0. The molecule has 7 N–H and O–H groups in total. The molecule has 0 aromatic heterocycles. The Balaban J connectivity index is 3.60. The molecule has 6 heteroatoms. The lowest BCUT2D eigenvalue weighted by molar-refractivity contribution is -0.122. The second kappa shape index (κ2) is 4.64. The largest absolute Gasteiger partial charge is 0.370 e. The highest BCUT2D eigenvalue weighted by molar-refractivity contribution is 5.82. The zero-order valence-electron chi connectivity index (χ0n) is 6.04. The average molecular weight is 160 g/mol. The number of carbonyl (C=O) groups is 2. The Morgan fingerprint density at radius 1 is 1.45 bits per heavy atom. The van der Waals surface area contributed by atoms with Crippen molar-refractivity contribution in [2.45, 2.75) is 18.9 Å². The first-order valence-electron chi connectivity index (χ1n) is 3.12. The molecule has 0 aliphatic carbocycles. The highest BCUT2D eigenvalue weighted by Crippen LogP contribution is 1.92. The summed E-state index contributed by atoms with van der Waals surface area (Å²) in [5.41, 5.74) is 12.0. The van der Waals surface area contributed by atoms with E-state index in [4.69, 9.17) is 17.3 Å². The van der Waals surface area contributed by atoms with Gasteiger partial charge in [0.05, 0.1) is 6.04 Å². The molecule has 11 heavy (non-hydrogen) atoms. The van der Waals surface area contributed by atoms with E-state index >= 15 is 0 Å². The van der Waals surface area contributed by atoms with Crippen LogP contribution >= 0.6 is 0 Å². The van der Waals surface area contributed by atoms with Crippen molar-refractivity contribution in [1.82, 2.24) is 5.43 Å². The summed E-state index contributed by atoms with van der Waals surface area (Å²) in [5, 5.41) is 0. The van der Waals surface area contributed by atoms with Crippen LogP contribution in [0.15, 0.2) is 0 Å². The van der Waals surface area contributed by atoms with Gasteiger partial charge in [0.1, 0.15) is 0 Å². The molecule has 0 saturated carbocycles. The third kappa shape index (κ3) is 4.29. The zero-order chi connectivity index (χ0) is 8.85. The fourth-order valence-electron chi connectivity index (χ4n) is 0.536. The Morgan fingerprint density at radius 2 is 2.00 bits per heavy atom. The van der Waals surface area contributed by atoms with Crippen LogP contribution in [0.2, 0.25) is 0 Å². The molecule has 0 aliphatic rings. The maximum absolute atomic E-state index is 10.6. The lowest BCUT2D eigenvalue weighted by Gasteiger charge is -2.06. The van der Waals surface area contributed by atoms with Gasteiger partial charge in [-0.15, -0.1) is 0 Å². The number of hydrogen-bond donors (Lipinski definition) is 4. The number of primary amides is 1. The minimum Gasteiger partial charge on any atom is -0.370 e. The molecular formula is C5H12N4O2. The van der Waals surface area contributed by atoms with Crippen molar-refractivity contribution in [1.29, 1.82) is 0 Å². The van der Waals surface area contributed by atoms with Gasteiger partial charge in [0, 0.05) is 6.42 Å². The van der Waals surface area contributed by atoms with E-state index in [2.05, 4.69) is 0 Å². The van der Waals surface area contributed by atoms with Crippen molar-refractivity contribution in [2.24, 2.45) is 17.3 Å². The molecule has 0 bridgehead atoms. The van der Waals surface area contributed by atoms with Crippen molar-refractivity contribution < 1.29 is 9.59 Å². The number of amides is 2. The summed E-state index contributed by atoms with van der Waals surface area (Å²) < 4.78 is 0. The van der Waals surface area contributed by atoms with E-state index in [1.54, 1.807) is 0 Å². The highest BCUT2D eigenvalue weighted by atomic mass is 16.2. The van der Waals surface area contributed by atoms with Crippen LogP contribution in [0.5, 0.6) is 0 Å². The van der Waals surface area contributed by atoms with E-state index in [9.17, 15) is 9.59 Å². The molecule has 0 aromatic rings. The van der Waals surface area contributed by atoms with Crippen molar-refractivity contribution in [3.05, 3.63) is 0 Å². The Morgan fingerprint density at radius 3 is 2.36 bits per heavy atom. The van der Waals surface area contributed by atoms with Crippen LogP contribution in [0.25, 0.3) is 0 Å². The first-order chi connectivity index (χ1) is 5.07. The van der Waals surface area contributed by atoms with Gasteiger partial charge in [-0.3, -0.25) is 15.0 Å². The molecule has 64 valence electrons. The number of rotatable bonds is 4. The van der Waals surface area contributed by atoms with E-state index in [0.29, 0.717) is 0 Å². The van der Waals surface area contributed by atoms with Crippen LogP contribution in [0, 0.1) is 0 Å². The van der Waals surface area contributed by atoms with Crippen LogP contribution in [-0.4, -0.2) is 17.9 Å². The summed E-state index contributed by atoms with van der Waals surface area (Å²) >= 11 is 0. The minimum absolute atomic E-state index is 0.0919. The van der Waals surface area contributed by atoms with Crippen LogP contribution < -0.4 is 22.7 Å². The number of nitrogens with one attached hydrogen (secondary N) is 1. The van der Waals surface area contributed by atoms with Gasteiger partial charge in [-0.25, -0.2) is 5.84 Å². The van der Waals surface area contributed by atoms with Gasteiger partial charge in [-0.1, -0.05) is 0 Å². The van der Waals surface area contributed by atoms with Crippen LogP contribution in [0.3, 0.4) is 0 Å². The molecule has 0 fully saturated rings. The first kappa shape index (κ1) is 9.86. The number of hydrogen-bond acceptors (Lipinski definition) is 4. The van der Waals surface area contributed by atoms with Gasteiger partial charge < -0.3 is 11.5 Å². The summed E-state index contributed by atoms with van der Waals surface area (Å²) in [7, 11) is 0. The molecule has 6 nitrogen and oxygen atoms in total. The lowest BCUT2D eigenvalue weighted by Crippen LogP contribution is -2.44. The van der Waals surface area contributed by atoms with Crippen molar-refractivity contribution in [3.8, 4) is 0 Å². The van der Waals surface area contributed by atoms with E-state index in [0.717, 1.165) is 0 Å². The molecule has 0 rings (SSSR count). The Kier molecular flexibility index (Phi) is 4.16. The van der Waals surface area contributed by atoms with Gasteiger partial charge in [-0.05, 0) is 6.42 Å². The number of hydrazine groups is 1. The molecule has 0 spiro atoms. The fourth-order valence-corrected chi connectivity index (χ4v) is 0.536. The molecule has 0 saturated heterocycles. The Bertz CT molecular complexity index is 159. The normalized spacial score (nSPS) is 12.2. The Hall–Kier alpha value is -1.14. The van der Waals surface area contributed by atoms with Gasteiger partial charge in [0.2, 0.25) is 5.91 Å². The number of carbonyl (C=O) groups excluding carboxylic acids is 2. The molecule has 2 amide bonds. The topological polar surface area (TPSA) is 124 Å². The highest BCUT2D eigenvalue weighted by Gasteiger charge is 2.11. The quantitative estimate of drug-likeness (QED) is 0.207. The SMILES string of the molecule is NNC(=O)C(N)CCC(N)=O. The molecule has 1 atom stereocenters. The maximum atomic E-state index is 10.6. The first-order valence-corrected chi connectivity index (χ1v) is 3.12. The molecule has 0 aromatic carbocycles. The van der Waals surface area contributed by atoms with Gasteiger partial charge in [0.25, 0.3) is 5.91 Å². The van der Waals surface area contributed by atoms with Crippen LogP contribution in [0.1, 0.15) is 12.8 Å². The smallest absolute Gasteiger partial charge is 0.250 e. The van der Waals surface area contributed by atoms with Crippen molar-refractivity contribution in [2.75, 3.05) is 0 Å². The predicted molar refractivity (Wildman–Crippen MR) is 38.7 cm³/mol. The summed E-state index contributed by atoms with van der Waals surface area (Å²) in [5.74, 6) is 3.81. The number of nitrogens with two attached hydrogens (primary N) is 3. The second-order valence-electron chi connectivity index (χ2n) is 2.12. The minimum atomic E-state index is -0.757. The Labute approximate surface area is 64.1 Å². The van der Waals surface area contributed by atoms with Crippen LogP contribution in [0.4, 0.5) is 0 Å². The monoisotopic (exact) mass is 160 g/mol. The van der Waals surface area contributed by atoms with Gasteiger partial charge in [0.15, 0.2) is 0 Å². The van der Waals surface area contributed by atoms with Crippen molar-refractivity contribution >= 4 is 11.8 Å². The predicted octanol–water partition coefficient (Wildman–Crippen LogP) is -2.43. The third-order valence-corrected chi connectivity index (χ3v) is 1.18. The summed E-state index contributed by atoms with van der Waals surface area (Å²) in [4.78, 5) is 20.8. The van der Waals surface area contributed by atoms with E-state index in [-0.39, 0.29) is 12.8 Å². The standard InChI is InChI=1S/C5H12N4O2/c6-3(5(11)9-8)1-2-4(7)10/h3H,1-2,6,8H2,(H2,7,10)(H,9,11). The molecule has 0 heterocycles. The maximum Gasteiger partial charge on any atom is 0.250 e. The molecule has 0 radical (unpaired) electrons.